The van der Waals surface area contributed by atoms with Crippen molar-refractivity contribution >= 4 is 0 Å². The minimum absolute atomic E-state index is 0.0109. The third kappa shape index (κ3) is 1.20. The van der Waals surface area contributed by atoms with Gasteiger partial charge in [-0.25, -0.2) is 0 Å². The van der Waals surface area contributed by atoms with Crippen LogP contribution in [0.1, 0.15) is 12.0 Å². The molecule has 0 amide bonds. The molecule has 1 nitrogen and oxygen atoms in total. The molecular weight excluding hydrogens is 160 g/mol. The number of hydrogen-bond donors (Lipinski definition) is 1. The van der Waals surface area contributed by atoms with Crippen molar-refractivity contribution in [2.75, 3.05) is 6.61 Å². The van der Waals surface area contributed by atoms with Crippen molar-refractivity contribution in [2.45, 2.75) is 11.8 Å². The molecule has 2 rings (SSSR count). The predicted octanol–water partition coefficient (Wildman–Crippen LogP) is 2.12. The van der Waals surface area contributed by atoms with Crippen molar-refractivity contribution in [1.82, 2.24) is 0 Å². The highest BCUT2D eigenvalue weighted by Gasteiger charge is 2.52. The zero-order chi connectivity index (χ0) is 9.31. The smallest absolute Gasteiger partial charge is 0.0533 e. The molecule has 0 radical (unpaired) electrons. The summed E-state index contributed by atoms with van der Waals surface area (Å²) in [5.74, 6) is 0.458. The maximum Gasteiger partial charge on any atom is 0.0533 e. The summed E-state index contributed by atoms with van der Waals surface area (Å²) in [6.45, 7) is 4.01. The van der Waals surface area contributed by atoms with Crippen LogP contribution in [0.2, 0.25) is 0 Å². The normalized spacial score (nSPS) is 31.3. The van der Waals surface area contributed by atoms with Crippen molar-refractivity contribution in [3.63, 3.8) is 0 Å². The molecule has 68 valence electrons. The van der Waals surface area contributed by atoms with Crippen LogP contribution in [0, 0.1) is 5.92 Å². The van der Waals surface area contributed by atoms with Gasteiger partial charge < -0.3 is 5.11 Å². The van der Waals surface area contributed by atoms with Crippen molar-refractivity contribution in [2.24, 2.45) is 5.92 Å². The van der Waals surface area contributed by atoms with Gasteiger partial charge in [-0.2, -0.15) is 0 Å². The van der Waals surface area contributed by atoms with Crippen LogP contribution in [-0.2, 0) is 5.41 Å². The van der Waals surface area contributed by atoms with Gasteiger partial charge in [0.15, 0.2) is 0 Å². The first-order valence-electron chi connectivity index (χ1n) is 4.62. The average Bonchev–Trinajstić information content (AvgIpc) is 2.94. The van der Waals surface area contributed by atoms with Crippen LogP contribution in [0.15, 0.2) is 43.0 Å². The first-order chi connectivity index (χ1) is 6.33. The Balaban J connectivity index is 2.30. The summed E-state index contributed by atoms with van der Waals surface area (Å²) in [5.41, 5.74) is 1.23. The van der Waals surface area contributed by atoms with Crippen LogP contribution in [0.3, 0.4) is 0 Å². The largest absolute Gasteiger partial charge is 0.395 e. The molecule has 1 N–H and O–H groups in total. The second-order valence-electron chi connectivity index (χ2n) is 3.73. The summed E-state index contributed by atoms with van der Waals surface area (Å²) < 4.78 is 0. The molecule has 1 aliphatic carbocycles. The van der Waals surface area contributed by atoms with Gasteiger partial charge >= 0.3 is 0 Å². The van der Waals surface area contributed by atoms with E-state index in [-0.39, 0.29) is 12.0 Å². The van der Waals surface area contributed by atoms with Crippen molar-refractivity contribution in [3.8, 4) is 0 Å². The van der Waals surface area contributed by atoms with E-state index in [0.29, 0.717) is 5.92 Å². The second kappa shape index (κ2) is 3.00. The Morgan fingerprint density at radius 2 is 2.15 bits per heavy atom. The van der Waals surface area contributed by atoms with Crippen LogP contribution >= 0.6 is 0 Å². The van der Waals surface area contributed by atoms with Gasteiger partial charge in [0.2, 0.25) is 0 Å². The number of aliphatic hydroxyl groups excluding tert-OH is 1. The van der Waals surface area contributed by atoms with Gasteiger partial charge in [-0.3, -0.25) is 0 Å². The highest BCUT2D eigenvalue weighted by molar-refractivity contribution is 5.36. The summed E-state index contributed by atoms with van der Waals surface area (Å²) in [7, 11) is 0. The first kappa shape index (κ1) is 8.52. The van der Waals surface area contributed by atoms with E-state index in [0.717, 1.165) is 6.42 Å². The van der Waals surface area contributed by atoms with E-state index in [9.17, 15) is 5.11 Å². The van der Waals surface area contributed by atoms with E-state index in [1.165, 1.54) is 5.56 Å². The predicted molar refractivity (Wildman–Crippen MR) is 53.5 cm³/mol. The summed E-state index contributed by atoms with van der Waals surface area (Å²) in [6.07, 6.45) is 2.99. The lowest BCUT2D eigenvalue weighted by Crippen LogP contribution is -2.14. The Labute approximate surface area is 78.7 Å². The Kier molecular flexibility index (Phi) is 1.97. The molecule has 0 spiro atoms. The average molecular weight is 174 g/mol. The van der Waals surface area contributed by atoms with Crippen molar-refractivity contribution < 1.29 is 5.11 Å². The minimum Gasteiger partial charge on any atom is -0.395 e. The fraction of sp³-hybridized carbons (Fsp3) is 0.333. The lowest BCUT2D eigenvalue weighted by molar-refractivity contribution is 0.249. The molecule has 13 heavy (non-hydrogen) atoms. The Bertz CT molecular complexity index is 304. The number of hydrogen-bond acceptors (Lipinski definition) is 1. The van der Waals surface area contributed by atoms with E-state index in [2.05, 4.69) is 18.7 Å². The topological polar surface area (TPSA) is 20.2 Å². The second-order valence-corrected chi connectivity index (χ2v) is 3.73. The lowest BCUT2D eigenvalue weighted by Gasteiger charge is -2.13. The molecular formula is C12H14O. The summed E-state index contributed by atoms with van der Waals surface area (Å²) in [6, 6.07) is 10.2. The minimum atomic E-state index is -0.0109. The number of rotatable bonds is 3. The van der Waals surface area contributed by atoms with Crippen LogP contribution in [0.25, 0.3) is 0 Å². The fourth-order valence-electron chi connectivity index (χ4n) is 2.02. The van der Waals surface area contributed by atoms with Crippen molar-refractivity contribution in [1.29, 1.82) is 0 Å². The molecule has 1 heteroatoms. The molecule has 2 atom stereocenters. The standard InChI is InChI=1S/C12H14O/c1-2-10-8-12(10,9-13)11-6-4-3-5-7-11/h2-7,10,13H,1,8-9H2/t10-,12+/m0/s1. The van der Waals surface area contributed by atoms with Gasteiger partial charge in [0.25, 0.3) is 0 Å². The van der Waals surface area contributed by atoms with Crippen LogP contribution in [-0.4, -0.2) is 11.7 Å². The molecule has 1 aromatic rings. The molecule has 1 aliphatic rings. The van der Waals surface area contributed by atoms with E-state index in [4.69, 9.17) is 0 Å². The van der Waals surface area contributed by atoms with E-state index in [1.807, 2.05) is 24.3 Å². The fourth-order valence-corrected chi connectivity index (χ4v) is 2.02. The highest BCUT2D eigenvalue weighted by atomic mass is 16.3. The molecule has 0 aromatic heterocycles. The molecule has 0 saturated heterocycles. The number of aliphatic hydroxyl groups is 1. The lowest BCUT2D eigenvalue weighted by atomic mass is 9.94. The molecule has 0 bridgehead atoms. The molecule has 1 saturated carbocycles. The highest BCUT2D eigenvalue weighted by Crippen LogP contribution is 2.54. The Hall–Kier alpha value is -1.08. The maximum absolute atomic E-state index is 9.36. The number of benzene rings is 1. The Morgan fingerprint density at radius 3 is 2.62 bits per heavy atom. The summed E-state index contributed by atoms with van der Waals surface area (Å²) in [5, 5.41) is 9.36. The quantitative estimate of drug-likeness (QED) is 0.696. The van der Waals surface area contributed by atoms with Crippen LogP contribution in [0.5, 0.6) is 0 Å². The molecule has 1 aromatic carbocycles. The third-order valence-corrected chi connectivity index (χ3v) is 3.05. The Morgan fingerprint density at radius 1 is 1.46 bits per heavy atom. The molecule has 0 unspecified atom stereocenters. The molecule has 0 heterocycles. The zero-order valence-corrected chi connectivity index (χ0v) is 7.61. The first-order valence-corrected chi connectivity index (χ1v) is 4.62. The number of allylic oxidation sites excluding steroid dienone is 1. The van der Waals surface area contributed by atoms with Gasteiger partial charge in [0, 0.05) is 5.41 Å². The van der Waals surface area contributed by atoms with Gasteiger partial charge in [-0.1, -0.05) is 36.4 Å². The van der Waals surface area contributed by atoms with Gasteiger partial charge in [0.1, 0.15) is 0 Å². The third-order valence-electron chi connectivity index (χ3n) is 3.05. The van der Waals surface area contributed by atoms with E-state index >= 15 is 0 Å². The maximum atomic E-state index is 9.36. The van der Waals surface area contributed by atoms with Crippen molar-refractivity contribution in [3.05, 3.63) is 48.6 Å². The molecule has 0 aliphatic heterocycles. The SMILES string of the molecule is C=C[C@H]1C[C@]1(CO)c1ccccc1. The van der Waals surface area contributed by atoms with Gasteiger partial charge in [-0.15, -0.1) is 6.58 Å². The van der Waals surface area contributed by atoms with E-state index in [1.54, 1.807) is 0 Å². The monoisotopic (exact) mass is 174 g/mol. The van der Waals surface area contributed by atoms with Gasteiger partial charge in [-0.05, 0) is 17.9 Å². The van der Waals surface area contributed by atoms with Gasteiger partial charge in [0.05, 0.1) is 6.61 Å². The van der Waals surface area contributed by atoms with Crippen LogP contribution < -0.4 is 0 Å². The van der Waals surface area contributed by atoms with Crippen LogP contribution in [0.4, 0.5) is 0 Å². The molecule has 1 fully saturated rings. The summed E-state index contributed by atoms with van der Waals surface area (Å²) >= 11 is 0. The summed E-state index contributed by atoms with van der Waals surface area (Å²) in [4.78, 5) is 0. The van der Waals surface area contributed by atoms with E-state index < -0.39 is 0 Å². The zero-order valence-electron chi connectivity index (χ0n) is 7.61.